The number of carbonyl (C=O) groups excluding carboxylic acids is 1. The summed E-state index contributed by atoms with van der Waals surface area (Å²) in [6.45, 7) is 6.70. The van der Waals surface area contributed by atoms with Gasteiger partial charge in [0.15, 0.2) is 0 Å². The number of amides is 1. The smallest absolute Gasteiger partial charge is 0.226 e. The standard InChI is InChI=1S/C18H33ClN2O2/c1-4-21(5-2)15-9-7-14(8-10-15)20-18(22)16-12-13(19)6-11-17(16)23-3/h13-17H,4-12H2,1-3H3,(H,20,22). The number of nitrogens with zero attached hydrogens (tertiary/aromatic N) is 1. The number of methoxy groups -OCH3 is 1. The zero-order valence-corrected chi connectivity index (χ0v) is 15.6. The van der Waals surface area contributed by atoms with Crippen LogP contribution < -0.4 is 5.32 Å². The van der Waals surface area contributed by atoms with Crippen molar-refractivity contribution in [3.8, 4) is 0 Å². The van der Waals surface area contributed by atoms with E-state index >= 15 is 0 Å². The number of halogens is 1. The maximum Gasteiger partial charge on any atom is 0.226 e. The normalized spacial score (nSPS) is 35.3. The van der Waals surface area contributed by atoms with Gasteiger partial charge in [0.05, 0.1) is 12.0 Å². The fraction of sp³-hybridized carbons (Fsp3) is 0.944. The highest BCUT2D eigenvalue weighted by atomic mass is 35.5. The summed E-state index contributed by atoms with van der Waals surface area (Å²) in [5, 5.41) is 3.38. The highest BCUT2D eigenvalue weighted by Crippen LogP contribution is 2.31. The summed E-state index contributed by atoms with van der Waals surface area (Å²) in [4.78, 5) is 15.2. The van der Waals surface area contributed by atoms with Gasteiger partial charge in [0, 0.05) is 24.6 Å². The summed E-state index contributed by atoms with van der Waals surface area (Å²) in [5.74, 6) is 0.0604. The minimum atomic E-state index is -0.0863. The van der Waals surface area contributed by atoms with E-state index in [1.54, 1.807) is 7.11 Å². The Morgan fingerprint density at radius 3 is 2.35 bits per heavy atom. The Kier molecular flexibility index (Phi) is 7.64. The van der Waals surface area contributed by atoms with Crippen molar-refractivity contribution < 1.29 is 9.53 Å². The highest BCUT2D eigenvalue weighted by Gasteiger charge is 2.36. The number of nitrogens with one attached hydrogen (secondary N) is 1. The summed E-state index contributed by atoms with van der Waals surface area (Å²) in [6.07, 6.45) is 7.13. The summed E-state index contributed by atoms with van der Waals surface area (Å²) < 4.78 is 5.51. The molecule has 134 valence electrons. The van der Waals surface area contributed by atoms with E-state index in [1.807, 2.05) is 0 Å². The summed E-state index contributed by atoms with van der Waals surface area (Å²) in [6, 6.07) is 1.01. The predicted octanol–water partition coefficient (Wildman–Crippen LogP) is 3.18. The molecule has 2 aliphatic carbocycles. The minimum Gasteiger partial charge on any atom is -0.381 e. The Morgan fingerprint density at radius 1 is 1.13 bits per heavy atom. The lowest BCUT2D eigenvalue weighted by atomic mass is 9.84. The number of hydrogen-bond donors (Lipinski definition) is 1. The first-order valence-corrected chi connectivity index (χ1v) is 9.73. The van der Waals surface area contributed by atoms with Crippen LogP contribution in [-0.4, -0.2) is 54.6 Å². The molecule has 2 saturated carbocycles. The fourth-order valence-electron chi connectivity index (χ4n) is 4.28. The van der Waals surface area contributed by atoms with Crippen molar-refractivity contribution >= 4 is 17.5 Å². The summed E-state index contributed by atoms with van der Waals surface area (Å²) >= 11 is 6.27. The van der Waals surface area contributed by atoms with Crippen LogP contribution in [0.1, 0.15) is 58.8 Å². The molecule has 0 aromatic heterocycles. The molecule has 2 rings (SSSR count). The lowest BCUT2D eigenvalue weighted by Gasteiger charge is -2.37. The van der Waals surface area contributed by atoms with Gasteiger partial charge in [0.2, 0.25) is 5.91 Å². The Balaban J connectivity index is 1.82. The molecular formula is C18H33ClN2O2. The Morgan fingerprint density at radius 2 is 1.78 bits per heavy atom. The molecule has 0 saturated heterocycles. The van der Waals surface area contributed by atoms with E-state index in [0.717, 1.165) is 45.2 Å². The molecular weight excluding hydrogens is 312 g/mol. The van der Waals surface area contributed by atoms with Crippen LogP contribution in [0.15, 0.2) is 0 Å². The largest absolute Gasteiger partial charge is 0.381 e. The van der Waals surface area contributed by atoms with Crippen molar-refractivity contribution in [2.75, 3.05) is 20.2 Å². The maximum atomic E-state index is 12.6. The molecule has 1 amide bonds. The highest BCUT2D eigenvalue weighted by molar-refractivity contribution is 6.20. The molecule has 0 aromatic carbocycles. The van der Waals surface area contributed by atoms with Crippen molar-refractivity contribution in [1.29, 1.82) is 0 Å². The van der Waals surface area contributed by atoms with E-state index in [-0.39, 0.29) is 23.3 Å². The summed E-state index contributed by atoms with van der Waals surface area (Å²) in [7, 11) is 1.70. The topological polar surface area (TPSA) is 41.6 Å². The molecule has 0 heterocycles. The molecule has 2 aliphatic rings. The average Bonchev–Trinajstić information content (AvgIpc) is 2.57. The Hall–Kier alpha value is -0.320. The van der Waals surface area contributed by atoms with E-state index in [2.05, 4.69) is 24.1 Å². The molecule has 0 radical (unpaired) electrons. The third-order valence-corrected chi connectivity index (χ3v) is 6.13. The lowest BCUT2D eigenvalue weighted by molar-refractivity contribution is -0.132. The lowest BCUT2D eigenvalue weighted by Crippen LogP contribution is -2.48. The molecule has 2 fully saturated rings. The van der Waals surface area contributed by atoms with Gasteiger partial charge >= 0.3 is 0 Å². The molecule has 23 heavy (non-hydrogen) atoms. The van der Waals surface area contributed by atoms with Crippen LogP contribution in [0.3, 0.4) is 0 Å². The van der Waals surface area contributed by atoms with Gasteiger partial charge in [-0.25, -0.2) is 0 Å². The zero-order valence-electron chi connectivity index (χ0n) is 14.9. The van der Waals surface area contributed by atoms with Crippen LogP contribution in [0.25, 0.3) is 0 Å². The molecule has 0 aliphatic heterocycles. The molecule has 0 aromatic rings. The second kappa shape index (κ2) is 9.24. The molecule has 1 N–H and O–H groups in total. The van der Waals surface area contributed by atoms with Gasteiger partial charge in [-0.05, 0) is 58.0 Å². The van der Waals surface area contributed by atoms with E-state index in [0.29, 0.717) is 12.1 Å². The van der Waals surface area contributed by atoms with Crippen molar-refractivity contribution in [3.05, 3.63) is 0 Å². The van der Waals surface area contributed by atoms with Crippen LogP contribution >= 0.6 is 11.6 Å². The first kappa shape index (κ1) is 19.0. The number of carbonyl (C=O) groups is 1. The van der Waals surface area contributed by atoms with Crippen molar-refractivity contribution in [2.24, 2.45) is 5.92 Å². The maximum absolute atomic E-state index is 12.6. The van der Waals surface area contributed by atoms with Gasteiger partial charge in [-0.15, -0.1) is 11.6 Å². The van der Waals surface area contributed by atoms with Crippen LogP contribution in [-0.2, 0) is 9.53 Å². The minimum absolute atomic E-state index is 0.0250. The third kappa shape index (κ3) is 5.07. The quantitative estimate of drug-likeness (QED) is 0.752. The van der Waals surface area contributed by atoms with E-state index < -0.39 is 0 Å². The van der Waals surface area contributed by atoms with Crippen molar-refractivity contribution in [3.63, 3.8) is 0 Å². The van der Waals surface area contributed by atoms with Gasteiger partial charge in [-0.1, -0.05) is 13.8 Å². The van der Waals surface area contributed by atoms with E-state index in [9.17, 15) is 4.79 Å². The Labute approximate surface area is 146 Å². The summed E-state index contributed by atoms with van der Waals surface area (Å²) in [5.41, 5.74) is 0. The second-order valence-corrected chi connectivity index (χ2v) is 7.64. The SMILES string of the molecule is CCN(CC)C1CCC(NC(=O)C2CC(Cl)CCC2OC)CC1. The first-order valence-electron chi connectivity index (χ1n) is 9.30. The number of ether oxygens (including phenoxy) is 1. The molecule has 3 unspecified atom stereocenters. The van der Waals surface area contributed by atoms with Crippen molar-refractivity contribution in [1.82, 2.24) is 10.2 Å². The molecule has 0 bridgehead atoms. The zero-order chi connectivity index (χ0) is 16.8. The average molecular weight is 345 g/mol. The van der Waals surface area contributed by atoms with Crippen molar-refractivity contribution in [2.45, 2.75) is 82.4 Å². The van der Waals surface area contributed by atoms with Gasteiger partial charge in [0.25, 0.3) is 0 Å². The molecule has 5 heteroatoms. The van der Waals surface area contributed by atoms with Crippen LogP contribution in [0.5, 0.6) is 0 Å². The van der Waals surface area contributed by atoms with E-state index in [1.165, 1.54) is 12.8 Å². The second-order valence-electron chi connectivity index (χ2n) is 7.03. The van der Waals surface area contributed by atoms with E-state index in [4.69, 9.17) is 16.3 Å². The third-order valence-electron chi connectivity index (χ3n) is 5.73. The van der Waals surface area contributed by atoms with Crippen LogP contribution in [0.2, 0.25) is 0 Å². The Bertz CT molecular complexity index is 368. The molecule has 0 spiro atoms. The van der Waals surface area contributed by atoms with Crippen LogP contribution in [0, 0.1) is 5.92 Å². The number of alkyl halides is 1. The van der Waals surface area contributed by atoms with Gasteiger partial charge < -0.3 is 15.0 Å². The number of rotatable bonds is 6. The van der Waals surface area contributed by atoms with Gasteiger partial charge in [-0.3, -0.25) is 4.79 Å². The first-order chi connectivity index (χ1) is 11.1. The monoisotopic (exact) mass is 344 g/mol. The number of hydrogen-bond acceptors (Lipinski definition) is 3. The van der Waals surface area contributed by atoms with Gasteiger partial charge in [0.1, 0.15) is 0 Å². The predicted molar refractivity (Wildman–Crippen MR) is 94.9 cm³/mol. The molecule has 4 nitrogen and oxygen atoms in total. The molecule has 3 atom stereocenters. The van der Waals surface area contributed by atoms with Gasteiger partial charge in [-0.2, -0.15) is 0 Å². The fourth-order valence-corrected chi connectivity index (χ4v) is 4.60. The van der Waals surface area contributed by atoms with Crippen LogP contribution in [0.4, 0.5) is 0 Å².